The SMILES string of the molecule is CC(=O)NC[C@H]1CN(c2ccc(C(CCC34CNCC3C4Nc3ncccn3)CC(CC34CNCC3C4Nc3ncccn3)C34CNCC3C4Nc3ncccn3)c(F)c2)C(=O)O1. The van der Waals surface area contributed by atoms with Gasteiger partial charge in [-0.3, -0.25) is 9.69 Å². The van der Waals surface area contributed by atoms with E-state index in [0.717, 1.165) is 65.0 Å². The number of rotatable bonds is 18. The van der Waals surface area contributed by atoms with Gasteiger partial charge in [0, 0.05) is 135 Å². The number of fused-ring (bicyclic) bond motifs is 3. The number of anilines is 4. The molecule has 11 rings (SSSR count). The van der Waals surface area contributed by atoms with Gasteiger partial charge < -0.3 is 42.0 Å². The molecular weight excluding hydrogens is 804 g/mol. The number of nitrogens with zero attached hydrogens (tertiary/aromatic N) is 7. The highest BCUT2D eigenvalue weighted by Gasteiger charge is 2.75. The van der Waals surface area contributed by atoms with Crippen molar-refractivity contribution >= 4 is 35.5 Å². The standard InChI is InChI=1S/C45H55FN14O3/c1-26(61)56-18-30-22-60(42(62)63-30)29-5-6-31(35(46)16-29)27(7-8-43-23-47-19-32(43)36(43)57-39-50-9-2-10-51-39)15-28(45-25-49-21-34(45)38(45)59-41-54-13-4-14-55-41)17-44-24-48-20-33(44)37(44)58-40-52-11-3-12-53-40/h2-6,9-14,16,27-28,30,32-34,36-38,47-49H,7-8,15,17-25H2,1H3,(H,56,61)(H,50,51,57)(H,52,53,58)(H,54,55,59)/t27?,28?,30-,32?,33?,34?,36?,37?,38?,43?,44?,45?/m0/s1. The highest BCUT2D eigenvalue weighted by atomic mass is 19.1. The van der Waals surface area contributed by atoms with Crippen molar-refractivity contribution in [3.63, 3.8) is 0 Å². The molecule has 18 heteroatoms. The molecule has 4 saturated heterocycles. The summed E-state index contributed by atoms with van der Waals surface area (Å²) in [6.07, 6.45) is 13.0. The molecule has 330 valence electrons. The van der Waals surface area contributed by atoms with Crippen molar-refractivity contribution in [1.29, 1.82) is 0 Å². The molecule has 17 nitrogen and oxygen atoms in total. The third-order valence-electron chi connectivity index (χ3n) is 16.0. The van der Waals surface area contributed by atoms with Gasteiger partial charge in [0.05, 0.1) is 18.8 Å². The summed E-state index contributed by atoms with van der Waals surface area (Å²) in [6, 6.07) is 11.4. The van der Waals surface area contributed by atoms with Crippen molar-refractivity contribution in [1.82, 2.24) is 51.2 Å². The zero-order valence-corrected chi connectivity index (χ0v) is 35.3. The smallest absolute Gasteiger partial charge is 0.414 e. The van der Waals surface area contributed by atoms with Crippen molar-refractivity contribution in [2.24, 2.45) is 39.9 Å². The normalized spacial score (nSPS) is 34.0. The second-order valence-electron chi connectivity index (χ2n) is 19.0. The second kappa shape index (κ2) is 15.9. The third-order valence-corrected chi connectivity index (χ3v) is 16.0. The number of carbonyl (C=O) groups excluding carboxylic acids is 2. The minimum absolute atomic E-state index is 0.00397. The number of carbonyl (C=O) groups is 2. The Morgan fingerprint density at radius 1 is 0.810 bits per heavy atom. The summed E-state index contributed by atoms with van der Waals surface area (Å²) in [5.41, 5.74) is 0.990. The summed E-state index contributed by atoms with van der Waals surface area (Å²) in [5, 5.41) is 25.0. The van der Waals surface area contributed by atoms with Gasteiger partial charge >= 0.3 is 6.09 Å². The van der Waals surface area contributed by atoms with Gasteiger partial charge in [-0.15, -0.1) is 0 Å². The molecular formula is C45H55FN14O3. The number of nitrogens with one attached hydrogen (secondary N) is 7. The van der Waals surface area contributed by atoms with Crippen LogP contribution in [0.2, 0.25) is 0 Å². The molecule has 7 N–H and O–H groups in total. The highest BCUT2D eigenvalue weighted by molar-refractivity contribution is 5.89. The summed E-state index contributed by atoms with van der Waals surface area (Å²) in [7, 11) is 0. The third kappa shape index (κ3) is 7.19. The van der Waals surface area contributed by atoms with E-state index in [1.165, 1.54) is 17.9 Å². The number of hydrogen-bond acceptors (Lipinski definition) is 15. The van der Waals surface area contributed by atoms with Crippen molar-refractivity contribution < 1.29 is 18.7 Å². The Hall–Kier alpha value is -5.59. The van der Waals surface area contributed by atoms with Crippen LogP contribution in [0.4, 0.5) is 32.7 Å². The quantitative estimate of drug-likeness (QED) is 0.0768. The van der Waals surface area contributed by atoms with Gasteiger partial charge in [0.2, 0.25) is 23.8 Å². The molecule has 11 unspecified atom stereocenters. The van der Waals surface area contributed by atoms with Crippen LogP contribution in [0.25, 0.3) is 0 Å². The zero-order valence-electron chi connectivity index (χ0n) is 35.3. The first-order valence-corrected chi connectivity index (χ1v) is 22.5. The van der Waals surface area contributed by atoms with Gasteiger partial charge in [-0.2, -0.15) is 0 Å². The fourth-order valence-electron chi connectivity index (χ4n) is 12.7. The lowest BCUT2D eigenvalue weighted by atomic mass is 9.71. The van der Waals surface area contributed by atoms with Crippen LogP contribution in [0.5, 0.6) is 0 Å². The lowest BCUT2D eigenvalue weighted by molar-refractivity contribution is -0.119. The van der Waals surface area contributed by atoms with Crippen LogP contribution in [0.15, 0.2) is 73.6 Å². The second-order valence-corrected chi connectivity index (χ2v) is 19.0. The molecule has 7 aliphatic rings. The van der Waals surface area contributed by atoms with Gasteiger partial charge in [-0.05, 0) is 73.4 Å². The van der Waals surface area contributed by atoms with Gasteiger partial charge in [-0.1, -0.05) is 6.07 Å². The minimum Gasteiger partial charge on any atom is -0.442 e. The molecule has 3 aliphatic carbocycles. The molecule has 0 radical (unpaired) electrons. The van der Waals surface area contributed by atoms with E-state index in [1.807, 2.05) is 30.3 Å². The highest BCUT2D eigenvalue weighted by Crippen LogP contribution is 2.69. The number of hydrogen-bond donors (Lipinski definition) is 7. The van der Waals surface area contributed by atoms with Crippen LogP contribution < -0.4 is 42.1 Å². The Balaban J connectivity index is 0.921. The lowest BCUT2D eigenvalue weighted by Crippen LogP contribution is -2.37. The van der Waals surface area contributed by atoms with E-state index < -0.39 is 12.2 Å². The average Bonchev–Trinajstić information content (AvgIpc) is 3.83. The molecule has 0 spiro atoms. The summed E-state index contributed by atoms with van der Waals surface area (Å²) in [5.74, 6) is 2.67. The molecule has 4 aliphatic heterocycles. The molecule has 0 bridgehead atoms. The molecule has 2 amide bonds. The predicted octanol–water partition coefficient (Wildman–Crippen LogP) is 3.02. The number of piperidine rings is 3. The predicted molar refractivity (Wildman–Crippen MR) is 232 cm³/mol. The topological polar surface area (TPSA) is 208 Å². The minimum atomic E-state index is -0.552. The Kier molecular flexibility index (Phi) is 10.1. The van der Waals surface area contributed by atoms with E-state index in [4.69, 9.17) is 4.74 Å². The number of aromatic nitrogens is 6. The van der Waals surface area contributed by atoms with E-state index in [1.54, 1.807) is 37.2 Å². The first kappa shape index (κ1) is 40.2. The van der Waals surface area contributed by atoms with Crippen LogP contribution in [-0.2, 0) is 9.53 Å². The molecule has 3 saturated carbocycles. The monoisotopic (exact) mass is 858 g/mol. The largest absolute Gasteiger partial charge is 0.442 e. The van der Waals surface area contributed by atoms with Gasteiger partial charge in [0.25, 0.3) is 0 Å². The van der Waals surface area contributed by atoms with E-state index in [9.17, 15) is 9.59 Å². The Morgan fingerprint density at radius 3 is 2.02 bits per heavy atom. The number of cyclic esters (lactones) is 1. The molecule has 12 atom stereocenters. The maximum absolute atomic E-state index is 17.1. The van der Waals surface area contributed by atoms with Crippen molar-refractivity contribution in [2.45, 2.75) is 62.8 Å². The van der Waals surface area contributed by atoms with E-state index >= 15 is 4.39 Å². The molecule has 4 aromatic rings. The average molecular weight is 859 g/mol. The van der Waals surface area contributed by atoms with E-state index in [2.05, 4.69) is 67.1 Å². The van der Waals surface area contributed by atoms with Gasteiger partial charge in [0.15, 0.2) is 0 Å². The number of ether oxygens (including phenoxy) is 1. The van der Waals surface area contributed by atoms with Crippen molar-refractivity contribution in [3.05, 3.63) is 85.0 Å². The summed E-state index contributed by atoms with van der Waals surface area (Å²) in [6.45, 7) is 7.19. The maximum atomic E-state index is 17.1. The summed E-state index contributed by atoms with van der Waals surface area (Å²) < 4.78 is 22.7. The molecule has 1 aromatic carbocycles. The van der Waals surface area contributed by atoms with Crippen LogP contribution >= 0.6 is 0 Å². The molecule has 7 heterocycles. The van der Waals surface area contributed by atoms with Gasteiger partial charge in [0.1, 0.15) is 11.9 Å². The van der Waals surface area contributed by atoms with Crippen molar-refractivity contribution in [2.75, 3.05) is 73.2 Å². The first-order valence-electron chi connectivity index (χ1n) is 22.5. The Bertz CT molecular complexity index is 2320. The Morgan fingerprint density at radius 2 is 1.38 bits per heavy atom. The number of benzene rings is 1. The number of amides is 2. The van der Waals surface area contributed by atoms with E-state index in [0.29, 0.717) is 46.8 Å². The van der Waals surface area contributed by atoms with Crippen molar-refractivity contribution in [3.8, 4) is 0 Å². The van der Waals surface area contributed by atoms with Crippen LogP contribution in [0.1, 0.15) is 44.1 Å². The summed E-state index contributed by atoms with van der Waals surface area (Å²) >= 11 is 0. The van der Waals surface area contributed by atoms with Crippen LogP contribution in [-0.4, -0.2) is 118 Å². The first-order chi connectivity index (χ1) is 30.8. The summed E-state index contributed by atoms with van der Waals surface area (Å²) in [4.78, 5) is 53.3. The fourth-order valence-corrected chi connectivity index (χ4v) is 12.7. The van der Waals surface area contributed by atoms with Crippen LogP contribution in [0, 0.1) is 45.7 Å². The molecule has 7 fully saturated rings. The van der Waals surface area contributed by atoms with Gasteiger partial charge in [-0.25, -0.2) is 39.1 Å². The lowest BCUT2D eigenvalue weighted by Gasteiger charge is -2.35. The fraction of sp³-hybridized carbons (Fsp3) is 0.556. The zero-order chi connectivity index (χ0) is 42.8. The van der Waals surface area contributed by atoms with Crippen LogP contribution in [0.3, 0.4) is 0 Å². The number of halogens is 1. The Labute approximate surface area is 365 Å². The molecule has 3 aromatic heterocycles. The van der Waals surface area contributed by atoms with E-state index in [-0.39, 0.29) is 71.0 Å². The maximum Gasteiger partial charge on any atom is 0.414 e. The molecule has 63 heavy (non-hydrogen) atoms.